The summed E-state index contributed by atoms with van der Waals surface area (Å²) in [6, 6.07) is 5.52. The lowest BCUT2D eigenvalue weighted by Gasteiger charge is -2.26. The minimum atomic E-state index is -3.62. The Labute approximate surface area is 145 Å². The van der Waals surface area contributed by atoms with Gasteiger partial charge in [0.1, 0.15) is 4.90 Å². The molecule has 0 amide bonds. The fraction of sp³-hybridized carbons (Fsp3) is 0.471. The molecule has 1 aromatic heterocycles. The predicted octanol–water partition coefficient (Wildman–Crippen LogP) is 3.44. The molecule has 0 radical (unpaired) electrons. The Bertz CT molecular complexity index is 877. The van der Waals surface area contributed by atoms with Gasteiger partial charge in [-0.2, -0.15) is 0 Å². The van der Waals surface area contributed by atoms with Crippen LogP contribution in [-0.4, -0.2) is 25.5 Å². The van der Waals surface area contributed by atoms with Crippen molar-refractivity contribution in [3.63, 3.8) is 0 Å². The zero-order valence-corrected chi connectivity index (χ0v) is 15.3. The predicted molar refractivity (Wildman–Crippen MR) is 95.0 cm³/mol. The Morgan fingerprint density at radius 1 is 1.21 bits per heavy atom. The van der Waals surface area contributed by atoms with Crippen LogP contribution in [0.4, 0.5) is 0 Å². The summed E-state index contributed by atoms with van der Waals surface area (Å²) in [6.45, 7) is 3.81. The van der Waals surface area contributed by atoms with Crippen molar-refractivity contribution < 1.29 is 18.3 Å². The molecule has 1 aromatic carbocycles. The third kappa shape index (κ3) is 3.20. The molecule has 5 nitrogen and oxygen atoms in total. The van der Waals surface area contributed by atoms with Crippen LogP contribution in [-0.2, 0) is 14.8 Å². The first-order valence-corrected chi connectivity index (χ1v) is 10.3. The van der Waals surface area contributed by atoms with Gasteiger partial charge in [-0.15, -0.1) is 11.3 Å². The van der Waals surface area contributed by atoms with E-state index in [-0.39, 0.29) is 12.0 Å². The van der Waals surface area contributed by atoms with E-state index in [1.54, 1.807) is 0 Å². The minimum absolute atomic E-state index is 0.190. The number of carboxylic acids is 1. The van der Waals surface area contributed by atoms with Crippen LogP contribution < -0.4 is 4.72 Å². The molecule has 0 bridgehead atoms. The van der Waals surface area contributed by atoms with Crippen molar-refractivity contribution in [1.82, 2.24) is 4.72 Å². The Balaban J connectivity index is 1.86. The number of aryl methyl sites for hydroxylation is 2. The molecule has 130 valence electrons. The third-order valence-corrected chi connectivity index (χ3v) is 7.79. The highest BCUT2D eigenvalue weighted by molar-refractivity contribution is 7.90. The zero-order valence-electron chi connectivity index (χ0n) is 13.7. The largest absolute Gasteiger partial charge is 0.481 e. The van der Waals surface area contributed by atoms with Crippen molar-refractivity contribution in [3.8, 4) is 0 Å². The highest BCUT2D eigenvalue weighted by Crippen LogP contribution is 2.36. The van der Waals surface area contributed by atoms with Crippen LogP contribution in [0.5, 0.6) is 0 Å². The molecule has 1 saturated carbocycles. The van der Waals surface area contributed by atoms with Gasteiger partial charge in [0.25, 0.3) is 0 Å². The van der Waals surface area contributed by atoms with Crippen LogP contribution in [0.3, 0.4) is 0 Å². The molecule has 7 heteroatoms. The van der Waals surface area contributed by atoms with E-state index in [2.05, 4.69) is 4.72 Å². The van der Waals surface area contributed by atoms with Crippen LogP contribution in [0.2, 0.25) is 0 Å². The van der Waals surface area contributed by atoms with Gasteiger partial charge >= 0.3 is 5.97 Å². The molecule has 1 aliphatic rings. The summed E-state index contributed by atoms with van der Waals surface area (Å²) in [4.78, 5) is 12.2. The number of carboxylic acid groups (broad SMARTS) is 1. The normalized spacial score (nSPS) is 21.9. The second-order valence-electron chi connectivity index (χ2n) is 6.45. The SMILES string of the molecule is Cc1sc2c(C)cccc2c1S(=O)(=O)NC1CCC(C(=O)O)CC1. The molecule has 3 rings (SSSR count). The lowest BCUT2D eigenvalue weighted by atomic mass is 9.87. The number of benzene rings is 1. The van der Waals surface area contributed by atoms with E-state index in [9.17, 15) is 13.2 Å². The fourth-order valence-corrected chi connectivity index (χ4v) is 6.59. The van der Waals surface area contributed by atoms with Crippen LogP contribution in [0.25, 0.3) is 10.1 Å². The second kappa shape index (κ2) is 6.46. The molecule has 0 aliphatic heterocycles. The summed E-state index contributed by atoms with van der Waals surface area (Å²) in [7, 11) is -3.62. The average Bonchev–Trinajstić information content (AvgIpc) is 2.86. The molecule has 2 N–H and O–H groups in total. The van der Waals surface area contributed by atoms with Gasteiger partial charge in [0, 0.05) is 21.0 Å². The lowest BCUT2D eigenvalue weighted by Crippen LogP contribution is -2.38. The van der Waals surface area contributed by atoms with E-state index in [4.69, 9.17) is 5.11 Å². The standard InChI is InChI=1S/C17H21NO4S2/c1-10-4-3-5-14-15(10)23-11(2)16(14)24(21,22)18-13-8-6-12(7-9-13)17(19)20/h3-5,12-13,18H,6-9H2,1-2H3,(H,19,20). The minimum Gasteiger partial charge on any atom is -0.481 e. The number of nitrogens with one attached hydrogen (secondary N) is 1. The molecule has 2 aromatic rings. The summed E-state index contributed by atoms with van der Waals surface area (Å²) in [5.74, 6) is -1.14. The maximum Gasteiger partial charge on any atom is 0.306 e. The quantitative estimate of drug-likeness (QED) is 0.867. The third-order valence-electron chi connectivity index (χ3n) is 4.70. The van der Waals surface area contributed by atoms with E-state index in [1.807, 2.05) is 32.0 Å². The van der Waals surface area contributed by atoms with Crippen LogP contribution >= 0.6 is 11.3 Å². The molecule has 0 atom stereocenters. The maximum absolute atomic E-state index is 12.9. The van der Waals surface area contributed by atoms with Crippen molar-refractivity contribution in [2.45, 2.75) is 50.5 Å². The second-order valence-corrected chi connectivity index (χ2v) is 9.32. The summed E-state index contributed by atoms with van der Waals surface area (Å²) < 4.78 is 29.6. The van der Waals surface area contributed by atoms with Crippen molar-refractivity contribution >= 4 is 37.4 Å². The number of carbonyl (C=O) groups is 1. The molecule has 0 saturated heterocycles. The van der Waals surface area contributed by atoms with Gasteiger partial charge < -0.3 is 5.11 Å². The van der Waals surface area contributed by atoms with E-state index >= 15 is 0 Å². The van der Waals surface area contributed by atoms with Gasteiger partial charge in [0.15, 0.2) is 0 Å². The number of hydrogen-bond donors (Lipinski definition) is 2. The number of aliphatic carboxylic acids is 1. The maximum atomic E-state index is 12.9. The Morgan fingerprint density at radius 3 is 2.50 bits per heavy atom. The number of fused-ring (bicyclic) bond motifs is 1. The summed E-state index contributed by atoms with van der Waals surface area (Å²) in [5, 5.41) is 9.82. The zero-order chi connectivity index (χ0) is 17.5. The van der Waals surface area contributed by atoms with Crippen LogP contribution in [0.1, 0.15) is 36.1 Å². The molecule has 24 heavy (non-hydrogen) atoms. The summed E-state index contributed by atoms with van der Waals surface area (Å²) in [6.07, 6.45) is 2.17. The van der Waals surface area contributed by atoms with Gasteiger partial charge in [-0.3, -0.25) is 4.79 Å². The first-order chi connectivity index (χ1) is 11.3. The highest BCUT2D eigenvalue weighted by Gasteiger charge is 2.30. The lowest BCUT2D eigenvalue weighted by molar-refractivity contribution is -0.142. The van der Waals surface area contributed by atoms with Gasteiger partial charge in [-0.1, -0.05) is 18.2 Å². The summed E-state index contributed by atoms with van der Waals surface area (Å²) in [5.41, 5.74) is 1.07. The highest BCUT2D eigenvalue weighted by atomic mass is 32.2. The first-order valence-electron chi connectivity index (χ1n) is 8.03. The molecular formula is C17H21NO4S2. The fourth-order valence-electron chi connectivity index (χ4n) is 3.43. The Hall–Kier alpha value is -1.44. The Morgan fingerprint density at radius 2 is 1.88 bits per heavy atom. The Kier molecular flexibility index (Phi) is 4.68. The van der Waals surface area contributed by atoms with Crippen molar-refractivity contribution in [1.29, 1.82) is 0 Å². The molecule has 1 fully saturated rings. The number of hydrogen-bond acceptors (Lipinski definition) is 4. The van der Waals surface area contributed by atoms with Gasteiger partial charge in [-0.25, -0.2) is 13.1 Å². The van der Waals surface area contributed by atoms with Gasteiger partial charge in [0.2, 0.25) is 10.0 Å². The van der Waals surface area contributed by atoms with Crippen LogP contribution in [0, 0.1) is 19.8 Å². The number of rotatable bonds is 4. The van der Waals surface area contributed by atoms with E-state index in [1.165, 1.54) is 11.3 Å². The molecule has 1 aliphatic carbocycles. The van der Waals surface area contributed by atoms with Crippen LogP contribution in [0.15, 0.2) is 23.1 Å². The number of thiophene rings is 1. The van der Waals surface area contributed by atoms with E-state index in [0.29, 0.717) is 30.6 Å². The van der Waals surface area contributed by atoms with Crippen molar-refractivity contribution in [3.05, 3.63) is 28.6 Å². The van der Waals surface area contributed by atoms with E-state index in [0.717, 1.165) is 20.5 Å². The number of sulfonamides is 1. The van der Waals surface area contributed by atoms with Gasteiger partial charge in [-0.05, 0) is 45.1 Å². The molecule has 1 heterocycles. The summed E-state index contributed by atoms with van der Waals surface area (Å²) >= 11 is 1.50. The first kappa shape index (κ1) is 17.4. The van der Waals surface area contributed by atoms with Crippen molar-refractivity contribution in [2.75, 3.05) is 0 Å². The van der Waals surface area contributed by atoms with Crippen molar-refractivity contribution in [2.24, 2.45) is 5.92 Å². The molecule has 0 spiro atoms. The van der Waals surface area contributed by atoms with E-state index < -0.39 is 16.0 Å². The average molecular weight is 367 g/mol. The van der Waals surface area contributed by atoms with Gasteiger partial charge in [0.05, 0.1) is 5.92 Å². The molecule has 0 unspecified atom stereocenters. The monoisotopic (exact) mass is 367 g/mol. The topological polar surface area (TPSA) is 83.5 Å². The smallest absolute Gasteiger partial charge is 0.306 e. The molecular weight excluding hydrogens is 346 g/mol.